The van der Waals surface area contributed by atoms with Crippen molar-refractivity contribution in [1.29, 1.82) is 0 Å². The summed E-state index contributed by atoms with van der Waals surface area (Å²) in [5.74, 6) is -0.301. The highest BCUT2D eigenvalue weighted by Gasteiger charge is 2.25. The van der Waals surface area contributed by atoms with Crippen molar-refractivity contribution in [3.8, 4) is 0 Å². The van der Waals surface area contributed by atoms with Crippen molar-refractivity contribution >= 4 is 5.97 Å². The summed E-state index contributed by atoms with van der Waals surface area (Å²) in [5.41, 5.74) is 5.54. The molecule has 1 atom stereocenters. The van der Waals surface area contributed by atoms with Crippen molar-refractivity contribution in [2.45, 2.75) is 31.9 Å². The van der Waals surface area contributed by atoms with E-state index in [0.717, 1.165) is 6.42 Å². The maximum absolute atomic E-state index is 11.1. The minimum atomic E-state index is -0.462. The van der Waals surface area contributed by atoms with E-state index in [-0.39, 0.29) is 12.1 Å². The number of esters is 1. The van der Waals surface area contributed by atoms with E-state index in [9.17, 15) is 4.79 Å². The van der Waals surface area contributed by atoms with Crippen LogP contribution in [0.5, 0.6) is 0 Å². The molecule has 1 heterocycles. The van der Waals surface area contributed by atoms with Gasteiger partial charge in [0.2, 0.25) is 0 Å². The van der Waals surface area contributed by atoms with Crippen LogP contribution in [0.2, 0.25) is 0 Å². The Hall–Kier alpha value is -0.610. The SMILES string of the molecule is CCC[C@H](N)C(=O)OC1COC1. The highest BCUT2D eigenvalue weighted by molar-refractivity contribution is 5.75. The molecule has 0 spiro atoms. The third-order valence-corrected chi connectivity index (χ3v) is 1.79. The fraction of sp³-hybridized carbons (Fsp3) is 0.875. The van der Waals surface area contributed by atoms with Crippen molar-refractivity contribution in [2.24, 2.45) is 5.73 Å². The quantitative estimate of drug-likeness (QED) is 0.610. The van der Waals surface area contributed by atoms with E-state index in [1.807, 2.05) is 6.92 Å². The molecule has 70 valence electrons. The number of carbonyl (C=O) groups excluding carboxylic acids is 1. The molecular weight excluding hydrogens is 158 g/mol. The minimum Gasteiger partial charge on any atom is -0.456 e. The first kappa shape index (κ1) is 9.48. The average molecular weight is 173 g/mol. The number of ether oxygens (including phenoxy) is 2. The maximum atomic E-state index is 11.1. The monoisotopic (exact) mass is 173 g/mol. The van der Waals surface area contributed by atoms with E-state index < -0.39 is 6.04 Å². The summed E-state index contributed by atoms with van der Waals surface area (Å²) in [6, 6.07) is -0.462. The van der Waals surface area contributed by atoms with Gasteiger partial charge in [-0.25, -0.2) is 0 Å². The van der Waals surface area contributed by atoms with Crippen LogP contribution in [-0.4, -0.2) is 31.3 Å². The first-order valence-corrected chi connectivity index (χ1v) is 4.28. The van der Waals surface area contributed by atoms with Gasteiger partial charge in [0, 0.05) is 0 Å². The molecule has 0 bridgehead atoms. The molecule has 1 rings (SSSR count). The number of nitrogens with two attached hydrogens (primary N) is 1. The molecule has 12 heavy (non-hydrogen) atoms. The first-order chi connectivity index (χ1) is 5.74. The lowest BCUT2D eigenvalue weighted by Crippen LogP contribution is -2.42. The van der Waals surface area contributed by atoms with Crippen LogP contribution in [0.1, 0.15) is 19.8 Å². The van der Waals surface area contributed by atoms with E-state index in [1.165, 1.54) is 0 Å². The zero-order valence-electron chi connectivity index (χ0n) is 7.29. The Morgan fingerprint density at radius 3 is 2.83 bits per heavy atom. The molecule has 4 nitrogen and oxygen atoms in total. The predicted molar refractivity (Wildman–Crippen MR) is 43.6 cm³/mol. The normalized spacial score (nSPS) is 19.8. The van der Waals surface area contributed by atoms with Gasteiger partial charge in [0.15, 0.2) is 0 Å². The lowest BCUT2D eigenvalue weighted by atomic mass is 10.2. The smallest absolute Gasteiger partial charge is 0.323 e. The van der Waals surface area contributed by atoms with Gasteiger partial charge < -0.3 is 15.2 Å². The van der Waals surface area contributed by atoms with Crippen LogP contribution in [0.4, 0.5) is 0 Å². The van der Waals surface area contributed by atoms with E-state index in [4.69, 9.17) is 15.2 Å². The third-order valence-electron chi connectivity index (χ3n) is 1.79. The van der Waals surface area contributed by atoms with Gasteiger partial charge in [0.25, 0.3) is 0 Å². The topological polar surface area (TPSA) is 61.6 Å². The third kappa shape index (κ3) is 2.46. The molecule has 0 amide bonds. The number of hydrogen-bond acceptors (Lipinski definition) is 4. The van der Waals surface area contributed by atoms with Crippen LogP contribution in [0, 0.1) is 0 Å². The number of carbonyl (C=O) groups is 1. The lowest BCUT2D eigenvalue weighted by Gasteiger charge is -2.26. The molecule has 1 aliphatic heterocycles. The van der Waals surface area contributed by atoms with Crippen LogP contribution in [0.15, 0.2) is 0 Å². The van der Waals surface area contributed by atoms with E-state index >= 15 is 0 Å². The molecule has 0 radical (unpaired) electrons. The molecule has 1 saturated heterocycles. The molecule has 2 N–H and O–H groups in total. The van der Waals surface area contributed by atoms with Crippen LogP contribution in [0.25, 0.3) is 0 Å². The van der Waals surface area contributed by atoms with Gasteiger partial charge in [-0.3, -0.25) is 4.79 Å². The molecule has 0 unspecified atom stereocenters. The van der Waals surface area contributed by atoms with Gasteiger partial charge in [-0.05, 0) is 6.42 Å². The molecule has 4 heteroatoms. The van der Waals surface area contributed by atoms with Crippen molar-refractivity contribution in [1.82, 2.24) is 0 Å². The Labute approximate surface area is 72.0 Å². The van der Waals surface area contributed by atoms with Crippen LogP contribution in [0.3, 0.4) is 0 Å². The van der Waals surface area contributed by atoms with Crippen molar-refractivity contribution < 1.29 is 14.3 Å². The van der Waals surface area contributed by atoms with Crippen LogP contribution >= 0.6 is 0 Å². The molecule has 0 aromatic rings. The van der Waals surface area contributed by atoms with Crippen LogP contribution in [-0.2, 0) is 14.3 Å². The fourth-order valence-corrected chi connectivity index (χ4v) is 0.963. The standard InChI is InChI=1S/C8H15NO3/c1-2-3-7(9)8(10)12-6-4-11-5-6/h6-7H,2-5,9H2,1H3/t7-/m0/s1. The molecular formula is C8H15NO3. The molecule has 0 aromatic heterocycles. The van der Waals surface area contributed by atoms with E-state index in [0.29, 0.717) is 19.6 Å². The second-order valence-electron chi connectivity index (χ2n) is 2.99. The van der Waals surface area contributed by atoms with E-state index in [1.54, 1.807) is 0 Å². The molecule has 0 aliphatic carbocycles. The van der Waals surface area contributed by atoms with Crippen molar-refractivity contribution in [3.63, 3.8) is 0 Å². The Bertz CT molecular complexity index is 156. The second kappa shape index (κ2) is 4.42. The maximum Gasteiger partial charge on any atom is 0.323 e. The fourth-order valence-electron chi connectivity index (χ4n) is 0.963. The Morgan fingerprint density at radius 1 is 1.75 bits per heavy atom. The van der Waals surface area contributed by atoms with Gasteiger partial charge >= 0.3 is 5.97 Å². The second-order valence-corrected chi connectivity index (χ2v) is 2.99. The van der Waals surface area contributed by atoms with Gasteiger partial charge in [0.05, 0.1) is 13.2 Å². The minimum absolute atomic E-state index is 0.0552. The van der Waals surface area contributed by atoms with E-state index in [2.05, 4.69) is 0 Å². The Balaban J connectivity index is 2.16. The first-order valence-electron chi connectivity index (χ1n) is 4.28. The summed E-state index contributed by atoms with van der Waals surface area (Å²) in [6.45, 7) is 3.02. The van der Waals surface area contributed by atoms with Gasteiger partial charge in [-0.1, -0.05) is 13.3 Å². The molecule has 0 saturated carbocycles. The largest absolute Gasteiger partial charge is 0.456 e. The summed E-state index contributed by atoms with van der Waals surface area (Å²) >= 11 is 0. The zero-order chi connectivity index (χ0) is 8.97. The highest BCUT2D eigenvalue weighted by Crippen LogP contribution is 2.07. The van der Waals surface area contributed by atoms with Gasteiger partial charge in [-0.2, -0.15) is 0 Å². The lowest BCUT2D eigenvalue weighted by molar-refractivity contribution is -0.173. The molecule has 1 aliphatic rings. The Kier molecular flexibility index (Phi) is 3.49. The van der Waals surface area contributed by atoms with Crippen molar-refractivity contribution in [2.75, 3.05) is 13.2 Å². The van der Waals surface area contributed by atoms with Crippen LogP contribution < -0.4 is 5.73 Å². The predicted octanol–water partition coefficient (Wildman–Crippen LogP) is 0.0558. The summed E-state index contributed by atoms with van der Waals surface area (Å²) in [4.78, 5) is 11.1. The summed E-state index contributed by atoms with van der Waals surface area (Å²) in [5, 5.41) is 0. The summed E-state index contributed by atoms with van der Waals surface area (Å²) in [7, 11) is 0. The zero-order valence-corrected chi connectivity index (χ0v) is 7.29. The Morgan fingerprint density at radius 2 is 2.42 bits per heavy atom. The van der Waals surface area contributed by atoms with Crippen molar-refractivity contribution in [3.05, 3.63) is 0 Å². The summed E-state index contributed by atoms with van der Waals surface area (Å²) in [6.07, 6.45) is 1.53. The molecule has 1 fully saturated rings. The van der Waals surface area contributed by atoms with Gasteiger partial charge in [0.1, 0.15) is 12.1 Å². The van der Waals surface area contributed by atoms with Gasteiger partial charge in [-0.15, -0.1) is 0 Å². The average Bonchev–Trinajstić information content (AvgIpc) is 1.97. The summed E-state index contributed by atoms with van der Waals surface area (Å²) < 4.78 is 9.87. The highest BCUT2D eigenvalue weighted by atomic mass is 16.6. The number of rotatable bonds is 4. The molecule has 0 aromatic carbocycles. The number of hydrogen-bond donors (Lipinski definition) is 1.